The van der Waals surface area contributed by atoms with Gasteiger partial charge in [0.2, 0.25) is 10.0 Å². The highest BCUT2D eigenvalue weighted by Gasteiger charge is 2.35. The summed E-state index contributed by atoms with van der Waals surface area (Å²) in [5.41, 5.74) is 5.49. The maximum atomic E-state index is 12.5. The van der Waals surface area contributed by atoms with E-state index in [9.17, 15) is 8.42 Å². The predicted molar refractivity (Wildman–Crippen MR) is 77.6 cm³/mol. The van der Waals surface area contributed by atoms with E-state index in [0.717, 1.165) is 19.3 Å². The van der Waals surface area contributed by atoms with Crippen molar-refractivity contribution in [1.82, 2.24) is 4.72 Å². The second-order valence-electron chi connectivity index (χ2n) is 5.67. The molecule has 3 unspecified atom stereocenters. The van der Waals surface area contributed by atoms with Crippen LogP contribution in [-0.4, -0.2) is 14.5 Å². The molecule has 20 heavy (non-hydrogen) atoms. The zero-order valence-electron chi connectivity index (χ0n) is 12.3. The van der Waals surface area contributed by atoms with Gasteiger partial charge < -0.3 is 10.2 Å². The Balaban J connectivity index is 2.17. The molecule has 3 N–H and O–H groups in total. The SMILES string of the molecule is CCC1CCC(NS(=O)(=O)c2cc(CN)oc2C)C1C. The molecule has 1 heterocycles. The van der Waals surface area contributed by atoms with Crippen molar-refractivity contribution in [1.29, 1.82) is 0 Å². The number of hydrogen-bond acceptors (Lipinski definition) is 4. The number of furan rings is 1. The Morgan fingerprint density at radius 2 is 2.15 bits per heavy atom. The molecule has 0 radical (unpaired) electrons. The van der Waals surface area contributed by atoms with Crippen molar-refractivity contribution in [2.75, 3.05) is 0 Å². The molecule has 114 valence electrons. The van der Waals surface area contributed by atoms with E-state index in [4.69, 9.17) is 10.2 Å². The Morgan fingerprint density at radius 3 is 2.65 bits per heavy atom. The lowest BCUT2D eigenvalue weighted by Gasteiger charge is -2.20. The normalized spacial score (nSPS) is 27.1. The van der Waals surface area contributed by atoms with E-state index in [1.165, 1.54) is 6.07 Å². The molecule has 1 aromatic rings. The summed E-state index contributed by atoms with van der Waals surface area (Å²) < 4.78 is 33.1. The summed E-state index contributed by atoms with van der Waals surface area (Å²) in [7, 11) is -3.53. The van der Waals surface area contributed by atoms with Gasteiger partial charge in [-0.15, -0.1) is 0 Å². The molecule has 0 aromatic carbocycles. The average molecular weight is 300 g/mol. The lowest BCUT2D eigenvalue weighted by molar-refractivity contribution is 0.368. The highest BCUT2D eigenvalue weighted by atomic mass is 32.2. The van der Waals surface area contributed by atoms with E-state index >= 15 is 0 Å². The van der Waals surface area contributed by atoms with Crippen LogP contribution in [0.5, 0.6) is 0 Å². The lowest BCUT2D eigenvalue weighted by atomic mass is 9.94. The molecule has 0 amide bonds. The van der Waals surface area contributed by atoms with Crippen LogP contribution in [0.4, 0.5) is 0 Å². The van der Waals surface area contributed by atoms with Crippen LogP contribution >= 0.6 is 0 Å². The molecule has 1 aromatic heterocycles. The fraction of sp³-hybridized carbons (Fsp3) is 0.714. The summed E-state index contributed by atoms with van der Waals surface area (Å²) in [6, 6.07) is 1.54. The standard InChI is InChI=1S/C14H24N2O3S/c1-4-11-5-6-13(9(11)2)16-20(17,18)14-7-12(8-15)19-10(14)3/h7,9,11,13,16H,4-6,8,15H2,1-3H3. The summed E-state index contributed by atoms with van der Waals surface area (Å²) >= 11 is 0. The van der Waals surface area contributed by atoms with E-state index in [2.05, 4.69) is 18.6 Å². The molecule has 1 aliphatic rings. The summed E-state index contributed by atoms with van der Waals surface area (Å²) in [4.78, 5) is 0.213. The van der Waals surface area contributed by atoms with Crippen molar-refractivity contribution in [2.45, 2.75) is 57.5 Å². The first-order valence-electron chi connectivity index (χ1n) is 7.20. The van der Waals surface area contributed by atoms with Gasteiger partial charge in [0.25, 0.3) is 0 Å². The molecule has 0 spiro atoms. The molecule has 5 nitrogen and oxygen atoms in total. The van der Waals surface area contributed by atoms with Gasteiger partial charge in [0.05, 0.1) is 6.54 Å². The molecule has 1 aliphatic carbocycles. The zero-order valence-corrected chi connectivity index (χ0v) is 13.2. The molecule has 2 rings (SSSR count). The van der Waals surface area contributed by atoms with E-state index in [0.29, 0.717) is 23.4 Å². The van der Waals surface area contributed by atoms with Crippen LogP contribution in [0.2, 0.25) is 0 Å². The Kier molecular flexibility index (Phi) is 4.56. The topological polar surface area (TPSA) is 85.3 Å². The first-order chi connectivity index (χ1) is 9.39. The molecule has 0 saturated heterocycles. The molecule has 0 bridgehead atoms. The van der Waals surface area contributed by atoms with E-state index < -0.39 is 10.0 Å². The summed E-state index contributed by atoms with van der Waals surface area (Å²) in [5, 5.41) is 0. The highest BCUT2D eigenvalue weighted by molar-refractivity contribution is 7.89. The largest absolute Gasteiger partial charge is 0.464 e. The van der Waals surface area contributed by atoms with E-state index in [-0.39, 0.29) is 17.5 Å². The van der Waals surface area contributed by atoms with Gasteiger partial charge in [-0.2, -0.15) is 0 Å². The van der Waals surface area contributed by atoms with Crippen LogP contribution in [0.3, 0.4) is 0 Å². The fourth-order valence-corrected chi connectivity index (χ4v) is 4.71. The Morgan fingerprint density at radius 1 is 1.45 bits per heavy atom. The van der Waals surface area contributed by atoms with Gasteiger partial charge in [0, 0.05) is 12.1 Å². The number of nitrogens with two attached hydrogens (primary N) is 1. The number of hydrogen-bond donors (Lipinski definition) is 2. The van der Waals surface area contributed by atoms with Crippen molar-refractivity contribution in [3.8, 4) is 0 Å². The molecule has 3 atom stereocenters. The third kappa shape index (κ3) is 2.92. The average Bonchev–Trinajstić information content (AvgIpc) is 2.94. The molecular formula is C14H24N2O3S. The van der Waals surface area contributed by atoms with Crippen LogP contribution < -0.4 is 10.5 Å². The monoisotopic (exact) mass is 300 g/mol. The summed E-state index contributed by atoms with van der Waals surface area (Å²) in [6.45, 7) is 6.14. The van der Waals surface area contributed by atoms with Crippen LogP contribution in [-0.2, 0) is 16.6 Å². The first kappa shape index (κ1) is 15.5. The van der Waals surface area contributed by atoms with Crippen LogP contribution in [0.15, 0.2) is 15.4 Å². The van der Waals surface area contributed by atoms with Crippen molar-refractivity contribution < 1.29 is 12.8 Å². The maximum Gasteiger partial charge on any atom is 0.244 e. The number of nitrogens with one attached hydrogen (secondary N) is 1. The van der Waals surface area contributed by atoms with Gasteiger partial charge in [-0.1, -0.05) is 20.3 Å². The lowest BCUT2D eigenvalue weighted by Crippen LogP contribution is -2.37. The van der Waals surface area contributed by atoms with Gasteiger partial charge in [-0.25, -0.2) is 13.1 Å². The predicted octanol–water partition coefficient (Wildman–Crippen LogP) is 2.15. The van der Waals surface area contributed by atoms with Crippen molar-refractivity contribution in [2.24, 2.45) is 17.6 Å². The van der Waals surface area contributed by atoms with Gasteiger partial charge >= 0.3 is 0 Å². The molecule has 1 fully saturated rings. The van der Waals surface area contributed by atoms with Crippen LogP contribution in [0, 0.1) is 18.8 Å². The quantitative estimate of drug-likeness (QED) is 0.872. The van der Waals surface area contributed by atoms with Crippen molar-refractivity contribution in [3.05, 3.63) is 17.6 Å². The van der Waals surface area contributed by atoms with Gasteiger partial charge in [0.15, 0.2) is 0 Å². The summed E-state index contributed by atoms with van der Waals surface area (Å²) in [6.07, 6.45) is 3.09. The minimum atomic E-state index is -3.53. The first-order valence-corrected chi connectivity index (χ1v) is 8.69. The Labute approximate surface area is 121 Å². The van der Waals surface area contributed by atoms with Crippen molar-refractivity contribution in [3.63, 3.8) is 0 Å². The summed E-state index contributed by atoms with van der Waals surface area (Å²) in [5.74, 6) is 1.87. The van der Waals surface area contributed by atoms with Crippen LogP contribution in [0.25, 0.3) is 0 Å². The second-order valence-corrected chi connectivity index (χ2v) is 7.35. The van der Waals surface area contributed by atoms with Crippen LogP contribution in [0.1, 0.15) is 44.6 Å². The molecular weight excluding hydrogens is 276 g/mol. The third-order valence-corrected chi connectivity index (χ3v) is 6.07. The number of aryl methyl sites for hydroxylation is 1. The highest BCUT2D eigenvalue weighted by Crippen LogP contribution is 2.35. The Bertz CT molecular complexity index is 565. The second kappa shape index (κ2) is 5.87. The zero-order chi connectivity index (χ0) is 14.9. The van der Waals surface area contributed by atoms with Gasteiger partial charge in [-0.05, 0) is 31.6 Å². The minimum absolute atomic E-state index is 0.0144. The molecule has 6 heteroatoms. The number of rotatable bonds is 5. The fourth-order valence-electron chi connectivity index (χ4n) is 3.14. The third-order valence-electron chi connectivity index (χ3n) is 4.47. The maximum absolute atomic E-state index is 12.5. The minimum Gasteiger partial charge on any atom is -0.464 e. The number of sulfonamides is 1. The molecule has 1 saturated carbocycles. The Hall–Kier alpha value is -0.850. The van der Waals surface area contributed by atoms with Crippen molar-refractivity contribution >= 4 is 10.0 Å². The molecule has 0 aliphatic heterocycles. The van der Waals surface area contributed by atoms with Gasteiger partial charge in [-0.3, -0.25) is 0 Å². The van der Waals surface area contributed by atoms with E-state index in [1.807, 2.05) is 0 Å². The van der Waals surface area contributed by atoms with E-state index in [1.54, 1.807) is 6.92 Å². The van der Waals surface area contributed by atoms with Gasteiger partial charge in [0.1, 0.15) is 16.4 Å². The smallest absolute Gasteiger partial charge is 0.244 e.